The van der Waals surface area contributed by atoms with Gasteiger partial charge in [-0.05, 0) is 18.8 Å². The summed E-state index contributed by atoms with van der Waals surface area (Å²) in [5.74, 6) is -0.868. The second-order valence-electron chi connectivity index (χ2n) is 5.91. The molecular weight excluding hydrogens is 258 g/mol. The first-order chi connectivity index (χ1) is 9.40. The van der Waals surface area contributed by atoms with E-state index in [2.05, 4.69) is 10.3 Å². The van der Waals surface area contributed by atoms with Gasteiger partial charge in [-0.1, -0.05) is 13.8 Å². The molecule has 1 fully saturated rings. The largest absolute Gasteiger partial charge is 0.480 e. The van der Waals surface area contributed by atoms with Crippen molar-refractivity contribution in [3.8, 4) is 0 Å². The third-order valence-corrected chi connectivity index (χ3v) is 3.68. The van der Waals surface area contributed by atoms with Crippen LogP contribution in [0.2, 0.25) is 0 Å². The zero-order valence-corrected chi connectivity index (χ0v) is 12.0. The fraction of sp³-hybridized carbons (Fsp3) is 0.643. The molecule has 1 heterocycles. The first-order valence-corrected chi connectivity index (χ1v) is 6.89. The van der Waals surface area contributed by atoms with Gasteiger partial charge in [-0.25, -0.2) is 9.78 Å². The zero-order valence-electron chi connectivity index (χ0n) is 12.0. The summed E-state index contributed by atoms with van der Waals surface area (Å²) in [7, 11) is 1.90. The summed E-state index contributed by atoms with van der Waals surface area (Å²) in [6.45, 7) is 3.88. The molecular formula is C14H21N3O3. The van der Waals surface area contributed by atoms with Crippen LogP contribution in [0.1, 0.15) is 38.3 Å². The predicted molar refractivity (Wildman–Crippen MR) is 73.1 cm³/mol. The number of carbonyl (C=O) groups excluding carboxylic acids is 1. The number of imidazole rings is 1. The molecule has 0 unspecified atom stereocenters. The van der Waals surface area contributed by atoms with Crippen LogP contribution in [-0.4, -0.2) is 32.6 Å². The van der Waals surface area contributed by atoms with Crippen molar-refractivity contribution in [2.75, 3.05) is 0 Å². The maximum Gasteiger partial charge on any atom is 0.326 e. The second-order valence-corrected chi connectivity index (χ2v) is 5.91. The molecule has 1 amide bonds. The van der Waals surface area contributed by atoms with Crippen LogP contribution in [0.15, 0.2) is 12.5 Å². The van der Waals surface area contributed by atoms with Gasteiger partial charge in [0.15, 0.2) is 0 Å². The van der Waals surface area contributed by atoms with E-state index in [1.165, 1.54) is 0 Å². The van der Waals surface area contributed by atoms with E-state index in [9.17, 15) is 9.59 Å². The highest BCUT2D eigenvalue weighted by atomic mass is 16.4. The minimum Gasteiger partial charge on any atom is -0.480 e. The lowest BCUT2D eigenvalue weighted by Gasteiger charge is -2.16. The van der Waals surface area contributed by atoms with E-state index in [1.54, 1.807) is 12.5 Å². The molecule has 0 bridgehead atoms. The van der Waals surface area contributed by atoms with E-state index < -0.39 is 12.0 Å². The summed E-state index contributed by atoms with van der Waals surface area (Å²) in [4.78, 5) is 27.3. The highest BCUT2D eigenvalue weighted by molar-refractivity contribution is 5.87. The van der Waals surface area contributed by atoms with E-state index in [1.807, 2.05) is 25.5 Å². The van der Waals surface area contributed by atoms with Crippen LogP contribution in [0.4, 0.5) is 0 Å². The van der Waals surface area contributed by atoms with Gasteiger partial charge < -0.3 is 15.0 Å². The summed E-state index contributed by atoms with van der Waals surface area (Å²) >= 11 is 0. The summed E-state index contributed by atoms with van der Waals surface area (Å²) in [5.41, 5.74) is 1.03. The molecule has 1 saturated carbocycles. The predicted octanol–water partition coefficient (Wildman–Crippen LogP) is 1.14. The summed E-state index contributed by atoms with van der Waals surface area (Å²) in [5, 5.41) is 11.8. The lowest BCUT2D eigenvalue weighted by atomic mass is 10.0. The molecule has 1 aromatic rings. The Hall–Kier alpha value is -1.85. The lowest BCUT2D eigenvalue weighted by molar-refractivity contribution is -0.142. The van der Waals surface area contributed by atoms with Crippen LogP contribution in [0.25, 0.3) is 0 Å². The number of carboxylic acids is 1. The number of aromatic nitrogens is 2. The third-order valence-electron chi connectivity index (χ3n) is 3.68. The molecule has 6 heteroatoms. The highest BCUT2D eigenvalue weighted by Gasteiger charge is 2.46. The fourth-order valence-electron chi connectivity index (χ4n) is 2.51. The van der Waals surface area contributed by atoms with Gasteiger partial charge in [-0.15, -0.1) is 0 Å². The molecule has 1 aliphatic rings. The van der Waals surface area contributed by atoms with Gasteiger partial charge in [-0.3, -0.25) is 4.79 Å². The van der Waals surface area contributed by atoms with E-state index in [-0.39, 0.29) is 23.7 Å². The Bertz CT molecular complexity index is 510. The molecule has 20 heavy (non-hydrogen) atoms. The number of nitrogens with zero attached hydrogens (tertiary/aromatic N) is 2. The van der Waals surface area contributed by atoms with Crippen molar-refractivity contribution in [1.29, 1.82) is 0 Å². The van der Waals surface area contributed by atoms with E-state index >= 15 is 0 Å². The van der Waals surface area contributed by atoms with Gasteiger partial charge in [-0.2, -0.15) is 0 Å². The number of aliphatic carboxylic acids is 1. The average molecular weight is 279 g/mol. The molecule has 0 aliphatic heterocycles. The van der Waals surface area contributed by atoms with Crippen LogP contribution >= 0.6 is 0 Å². The van der Waals surface area contributed by atoms with Crippen molar-refractivity contribution in [2.45, 2.75) is 38.6 Å². The van der Waals surface area contributed by atoms with Crippen molar-refractivity contribution < 1.29 is 14.7 Å². The molecule has 0 aromatic carbocycles. The van der Waals surface area contributed by atoms with Crippen molar-refractivity contribution in [3.63, 3.8) is 0 Å². The molecule has 6 nitrogen and oxygen atoms in total. The Morgan fingerprint density at radius 3 is 2.75 bits per heavy atom. The number of carboxylic acid groups (broad SMARTS) is 1. The van der Waals surface area contributed by atoms with Crippen LogP contribution in [0, 0.1) is 11.8 Å². The van der Waals surface area contributed by atoms with Crippen molar-refractivity contribution in [3.05, 3.63) is 18.2 Å². The minimum absolute atomic E-state index is 0.126. The normalized spacial score (nSPS) is 22.6. The molecule has 1 aliphatic carbocycles. The van der Waals surface area contributed by atoms with E-state index in [4.69, 9.17) is 5.11 Å². The molecule has 0 radical (unpaired) electrons. The Morgan fingerprint density at radius 2 is 2.25 bits per heavy atom. The van der Waals surface area contributed by atoms with Gasteiger partial charge in [0, 0.05) is 30.8 Å². The van der Waals surface area contributed by atoms with Crippen LogP contribution < -0.4 is 5.32 Å². The van der Waals surface area contributed by atoms with Crippen LogP contribution in [0.3, 0.4) is 0 Å². The maximum absolute atomic E-state index is 12.1. The van der Waals surface area contributed by atoms with Gasteiger partial charge in [0.1, 0.15) is 6.04 Å². The Balaban J connectivity index is 1.93. The van der Waals surface area contributed by atoms with Gasteiger partial charge in [0.25, 0.3) is 0 Å². The number of amides is 1. The molecule has 110 valence electrons. The number of rotatable bonds is 6. The smallest absolute Gasteiger partial charge is 0.326 e. The number of nitrogens with one attached hydrogen (secondary N) is 1. The van der Waals surface area contributed by atoms with Gasteiger partial charge >= 0.3 is 5.97 Å². The van der Waals surface area contributed by atoms with Crippen molar-refractivity contribution in [2.24, 2.45) is 18.9 Å². The third kappa shape index (κ3) is 3.18. The topological polar surface area (TPSA) is 84.2 Å². The standard InChI is InChI=1S/C14H21N3O3/c1-8(2)4-11(14(19)20)16-13(18)10-5-9(10)12-6-15-7-17(12)3/h6-11H,4-5H2,1-3H3,(H,16,18)(H,19,20)/t9-,10-,11+/m1/s1. The quantitative estimate of drug-likeness (QED) is 0.818. The molecule has 3 atom stereocenters. The lowest BCUT2D eigenvalue weighted by Crippen LogP contribution is -2.42. The second kappa shape index (κ2) is 5.64. The van der Waals surface area contributed by atoms with Crippen LogP contribution in [0.5, 0.6) is 0 Å². The Morgan fingerprint density at radius 1 is 1.55 bits per heavy atom. The zero-order chi connectivity index (χ0) is 14.9. The minimum atomic E-state index is -0.968. The van der Waals surface area contributed by atoms with Crippen molar-refractivity contribution >= 4 is 11.9 Å². The molecule has 2 N–H and O–H groups in total. The Labute approximate surface area is 118 Å². The first kappa shape index (κ1) is 14.6. The molecule has 0 spiro atoms. The summed E-state index contributed by atoms with van der Waals surface area (Å²) < 4.78 is 1.90. The molecule has 2 rings (SSSR count). The summed E-state index contributed by atoms with van der Waals surface area (Å²) in [6.07, 6.45) is 4.69. The monoisotopic (exact) mass is 279 g/mol. The number of aryl methyl sites for hydroxylation is 1. The highest BCUT2D eigenvalue weighted by Crippen LogP contribution is 2.47. The van der Waals surface area contributed by atoms with Crippen LogP contribution in [-0.2, 0) is 16.6 Å². The number of carbonyl (C=O) groups is 2. The molecule has 0 saturated heterocycles. The van der Waals surface area contributed by atoms with E-state index in [0.29, 0.717) is 6.42 Å². The van der Waals surface area contributed by atoms with E-state index in [0.717, 1.165) is 12.1 Å². The average Bonchev–Trinajstić information content (AvgIpc) is 3.03. The fourth-order valence-corrected chi connectivity index (χ4v) is 2.51. The van der Waals surface area contributed by atoms with Gasteiger partial charge in [0.2, 0.25) is 5.91 Å². The SMILES string of the molecule is CC(C)C[C@H](NC(=O)[C@@H]1C[C@H]1c1cncn1C)C(=O)O. The molecule has 1 aromatic heterocycles. The number of hydrogen-bond acceptors (Lipinski definition) is 3. The van der Waals surface area contributed by atoms with Crippen molar-refractivity contribution in [1.82, 2.24) is 14.9 Å². The first-order valence-electron chi connectivity index (χ1n) is 6.89. The number of hydrogen-bond donors (Lipinski definition) is 2. The summed E-state index contributed by atoms with van der Waals surface area (Å²) in [6, 6.07) is -0.796. The van der Waals surface area contributed by atoms with Gasteiger partial charge in [0.05, 0.1) is 6.33 Å². The Kier molecular flexibility index (Phi) is 4.11. The maximum atomic E-state index is 12.1.